The smallest absolute Gasteiger partial charge is 0.220 e. The first-order chi connectivity index (χ1) is 14.6. The molecule has 4 atom stereocenters. The minimum Gasteiger partial charge on any atom is -0.394 e. The molecular weight excluding hydrogens is 382 g/mol. The monoisotopic (exact) mass is 429 g/mol. The van der Waals surface area contributed by atoms with Gasteiger partial charge in [-0.3, -0.25) is 4.79 Å². The molecule has 0 spiro atoms. The van der Waals surface area contributed by atoms with Crippen molar-refractivity contribution in [3.8, 4) is 0 Å². The highest BCUT2D eigenvalue weighted by Gasteiger charge is 2.38. The molecule has 178 valence electrons. The van der Waals surface area contributed by atoms with Gasteiger partial charge in [0, 0.05) is 6.42 Å². The Labute approximate surface area is 183 Å². The van der Waals surface area contributed by atoms with Gasteiger partial charge < -0.3 is 25.4 Å². The summed E-state index contributed by atoms with van der Waals surface area (Å²) in [5.41, 5.74) is 0. The number of aliphatic hydroxyl groups excluding tert-OH is 3. The molecule has 0 saturated carbocycles. The van der Waals surface area contributed by atoms with Crippen molar-refractivity contribution in [3.05, 3.63) is 0 Å². The molecule has 0 unspecified atom stereocenters. The van der Waals surface area contributed by atoms with E-state index in [1.54, 1.807) is 0 Å². The van der Waals surface area contributed by atoms with Gasteiger partial charge in [-0.15, -0.1) is 0 Å². The molecule has 6 heteroatoms. The summed E-state index contributed by atoms with van der Waals surface area (Å²) >= 11 is 0. The maximum atomic E-state index is 12.0. The van der Waals surface area contributed by atoms with Crippen LogP contribution in [-0.4, -0.2) is 58.8 Å². The number of nitrogens with one attached hydrogen (secondary N) is 1. The summed E-state index contributed by atoms with van der Waals surface area (Å²) in [5.74, 6) is -0.119. The number of hydrogen-bond acceptors (Lipinski definition) is 5. The molecule has 0 bridgehead atoms. The summed E-state index contributed by atoms with van der Waals surface area (Å²) in [6.07, 6.45) is 16.7. The van der Waals surface area contributed by atoms with E-state index in [1.807, 2.05) is 0 Å². The third-order valence-corrected chi connectivity index (χ3v) is 6.17. The van der Waals surface area contributed by atoms with Crippen LogP contribution in [0.4, 0.5) is 0 Å². The second kappa shape index (κ2) is 17.9. The fourth-order valence-electron chi connectivity index (χ4n) is 4.11. The van der Waals surface area contributed by atoms with E-state index in [4.69, 9.17) is 9.84 Å². The highest BCUT2D eigenvalue weighted by atomic mass is 16.5. The van der Waals surface area contributed by atoms with Crippen molar-refractivity contribution in [3.63, 3.8) is 0 Å². The van der Waals surface area contributed by atoms with Crippen LogP contribution in [0.3, 0.4) is 0 Å². The zero-order valence-corrected chi connectivity index (χ0v) is 19.2. The fraction of sp³-hybridized carbons (Fsp3) is 0.958. The molecular formula is C24H47NO5. The van der Waals surface area contributed by atoms with E-state index in [-0.39, 0.29) is 19.1 Å². The van der Waals surface area contributed by atoms with Crippen molar-refractivity contribution in [1.29, 1.82) is 0 Å². The minimum atomic E-state index is -1.18. The summed E-state index contributed by atoms with van der Waals surface area (Å²) < 4.78 is 5.28. The second-order valence-electron chi connectivity index (χ2n) is 8.91. The maximum Gasteiger partial charge on any atom is 0.220 e. The fourth-order valence-corrected chi connectivity index (χ4v) is 4.11. The molecule has 1 heterocycles. The number of rotatable bonds is 18. The molecule has 1 aliphatic heterocycles. The lowest BCUT2D eigenvalue weighted by Crippen LogP contribution is -2.59. The van der Waals surface area contributed by atoms with E-state index < -0.39 is 24.4 Å². The first kappa shape index (κ1) is 27.3. The quantitative estimate of drug-likeness (QED) is 0.248. The maximum absolute atomic E-state index is 12.0. The summed E-state index contributed by atoms with van der Waals surface area (Å²) in [5, 5.41) is 31.7. The van der Waals surface area contributed by atoms with E-state index in [1.165, 1.54) is 77.0 Å². The molecule has 30 heavy (non-hydrogen) atoms. The average molecular weight is 430 g/mol. The highest BCUT2D eigenvalue weighted by molar-refractivity contribution is 5.76. The van der Waals surface area contributed by atoms with E-state index in [0.717, 1.165) is 19.3 Å². The van der Waals surface area contributed by atoms with Gasteiger partial charge in [0.25, 0.3) is 0 Å². The Morgan fingerprint density at radius 1 is 0.800 bits per heavy atom. The lowest BCUT2D eigenvalue weighted by Gasteiger charge is -2.37. The molecule has 1 fully saturated rings. The number of hydrogen-bond donors (Lipinski definition) is 4. The molecule has 1 rings (SSSR count). The number of amides is 1. The van der Waals surface area contributed by atoms with Crippen LogP contribution in [0, 0.1) is 0 Å². The SMILES string of the molecule is CCCCCCCCCCCCCCCCCC(=O)N[C@H]1CO[C@H](CO)[C@@H](O)[C@@H]1O. The van der Waals surface area contributed by atoms with Gasteiger partial charge in [-0.2, -0.15) is 0 Å². The summed E-state index contributed by atoms with van der Waals surface area (Å²) in [7, 11) is 0. The van der Waals surface area contributed by atoms with Crippen molar-refractivity contribution in [2.45, 2.75) is 134 Å². The number of carbonyl (C=O) groups is 1. The largest absolute Gasteiger partial charge is 0.394 e. The normalized spacial score (nSPS) is 24.1. The highest BCUT2D eigenvalue weighted by Crippen LogP contribution is 2.16. The van der Waals surface area contributed by atoms with Crippen molar-refractivity contribution < 1.29 is 24.9 Å². The third-order valence-electron chi connectivity index (χ3n) is 6.17. The summed E-state index contributed by atoms with van der Waals surface area (Å²) in [6.45, 7) is 2.02. The molecule has 0 aromatic heterocycles. The number of ether oxygens (including phenoxy) is 1. The molecule has 0 aliphatic carbocycles. The Kier molecular flexibility index (Phi) is 16.3. The number of unbranched alkanes of at least 4 members (excludes halogenated alkanes) is 14. The van der Waals surface area contributed by atoms with Gasteiger partial charge in [-0.1, -0.05) is 96.8 Å². The molecule has 1 saturated heterocycles. The van der Waals surface area contributed by atoms with Crippen LogP contribution < -0.4 is 5.32 Å². The lowest BCUT2D eigenvalue weighted by molar-refractivity contribution is -0.164. The topological polar surface area (TPSA) is 99.0 Å². The van der Waals surface area contributed by atoms with Crippen LogP contribution in [0.1, 0.15) is 110 Å². The lowest BCUT2D eigenvalue weighted by atomic mass is 9.98. The van der Waals surface area contributed by atoms with Crippen LogP contribution in [-0.2, 0) is 9.53 Å². The van der Waals surface area contributed by atoms with Crippen molar-refractivity contribution in [1.82, 2.24) is 5.32 Å². The minimum absolute atomic E-state index is 0.105. The average Bonchev–Trinajstić information content (AvgIpc) is 2.74. The van der Waals surface area contributed by atoms with Crippen LogP contribution in [0.25, 0.3) is 0 Å². The molecule has 0 radical (unpaired) electrons. The Morgan fingerprint density at radius 3 is 1.73 bits per heavy atom. The molecule has 0 aromatic rings. The standard InChI is InChI=1S/C24H47NO5/c1-2-3-4-5-6-7-8-9-10-11-12-13-14-15-16-17-22(27)25-20-19-30-21(18-26)24(29)23(20)28/h20-21,23-24,26,28-29H,2-19H2,1H3,(H,25,27)/t20-,21+,23+,24+/m0/s1. The van der Waals surface area contributed by atoms with Gasteiger partial charge in [0.05, 0.1) is 19.3 Å². The molecule has 1 aliphatic rings. The van der Waals surface area contributed by atoms with Crippen LogP contribution in [0.2, 0.25) is 0 Å². The van der Waals surface area contributed by atoms with Gasteiger partial charge in [0.15, 0.2) is 0 Å². The summed E-state index contributed by atoms with van der Waals surface area (Å²) in [6, 6.07) is -0.619. The predicted molar refractivity (Wildman–Crippen MR) is 120 cm³/mol. The number of aliphatic hydroxyl groups is 3. The van der Waals surface area contributed by atoms with E-state index in [9.17, 15) is 15.0 Å². The Hall–Kier alpha value is -0.690. The Balaban J connectivity index is 1.88. The van der Waals surface area contributed by atoms with E-state index in [0.29, 0.717) is 6.42 Å². The van der Waals surface area contributed by atoms with Crippen molar-refractivity contribution >= 4 is 5.91 Å². The van der Waals surface area contributed by atoms with E-state index >= 15 is 0 Å². The molecule has 1 amide bonds. The van der Waals surface area contributed by atoms with Gasteiger partial charge in [0.2, 0.25) is 5.91 Å². The summed E-state index contributed by atoms with van der Waals surface area (Å²) in [4.78, 5) is 12.0. The van der Waals surface area contributed by atoms with Crippen LogP contribution >= 0.6 is 0 Å². The van der Waals surface area contributed by atoms with Crippen LogP contribution in [0.5, 0.6) is 0 Å². The molecule has 6 nitrogen and oxygen atoms in total. The van der Waals surface area contributed by atoms with Crippen LogP contribution in [0.15, 0.2) is 0 Å². The van der Waals surface area contributed by atoms with Gasteiger partial charge in [0.1, 0.15) is 18.3 Å². The third kappa shape index (κ3) is 12.2. The Morgan fingerprint density at radius 2 is 1.27 bits per heavy atom. The molecule has 4 N–H and O–H groups in total. The zero-order valence-electron chi connectivity index (χ0n) is 19.2. The van der Waals surface area contributed by atoms with Crippen molar-refractivity contribution in [2.24, 2.45) is 0 Å². The van der Waals surface area contributed by atoms with Crippen molar-refractivity contribution in [2.75, 3.05) is 13.2 Å². The van der Waals surface area contributed by atoms with E-state index in [2.05, 4.69) is 12.2 Å². The number of carbonyl (C=O) groups excluding carboxylic acids is 1. The first-order valence-electron chi connectivity index (χ1n) is 12.5. The zero-order chi connectivity index (χ0) is 22.0. The molecule has 0 aromatic carbocycles. The Bertz CT molecular complexity index is 420. The predicted octanol–water partition coefficient (Wildman–Crippen LogP) is 3.85. The van der Waals surface area contributed by atoms with Gasteiger partial charge in [-0.05, 0) is 6.42 Å². The second-order valence-corrected chi connectivity index (χ2v) is 8.91. The van der Waals surface area contributed by atoms with Gasteiger partial charge in [-0.25, -0.2) is 0 Å². The van der Waals surface area contributed by atoms with Gasteiger partial charge >= 0.3 is 0 Å². The first-order valence-corrected chi connectivity index (χ1v) is 12.5.